The van der Waals surface area contributed by atoms with Crippen molar-refractivity contribution < 1.29 is 4.79 Å². The molecule has 0 saturated heterocycles. The van der Waals surface area contributed by atoms with E-state index in [1.807, 2.05) is 49.5 Å². The Morgan fingerprint density at radius 1 is 1.11 bits per heavy atom. The first-order valence-electron chi connectivity index (χ1n) is 9.13. The fourth-order valence-electron chi connectivity index (χ4n) is 3.72. The van der Waals surface area contributed by atoms with Gasteiger partial charge in [0, 0.05) is 47.1 Å². The van der Waals surface area contributed by atoms with Crippen molar-refractivity contribution >= 4 is 32.7 Å². The average Bonchev–Trinajstić information content (AvgIpc) is 3.04. The first-order valence-corrected chi connectivity index (χ1v) is 9.92. The molecule has 138 valence electrons. The van der Waals surface area contributed by atoms with Crippen LogP contribution >= 0.6 is 15.9 Å². The van der Waals surface area contributed by atoms with Gasteiger partial charge in [0.15, 0.2) is 0 Å². The summed E-state index contributed by atoms with van der Waals surface area (Å²) in [5.41, 5.74) is 6.28. The van der Waals surface area contributed by atoms with E-state index in [0.717, 1.165) is 50.0 Å². The summed E-state index contributed by atoms with van der Waals surface area (Å²) >= 11 is 3.62. The number of H-pyrrole nitrogens is 1. The largest absolute Gasteiger partial charge is 0.357 e. The van der Waals surface area contributed by atoms with Crippen LogP contribution in [-0.4, -0.2) is 26.9 Å². The van der Waals surface area contributed by atoms with Gasteiger partial charge >= 0.3 is 0 Å². The first kappa shape index (κ1) is 17.1. The normalized spacial score (nSPS) is 16.1. The Hall–Kier alpha value is -2.99. The van der Waals surface area contributed by atoms with E-state index in [0.29, 0.717) is 5.56 Å². The molecule has 0 fully saturated rings. The molecule has 0 aliphatic carbocycles. The van der Waals surface area contributed by atoms with Crippen molar-refractivity contribution in [1.29, 1.82) is 0 Å². The first-order chi connectivity index (χ1) is 13.6. The van der Waals surface area contributed by atoms with Crippen LogP contribution < -0.4 is 5.32 Å². The SMILES string of the molecule is CC1Cc2[nH]c(-c3ccnc(-c4cnc5ccccc5c4)c3)c(Br)c2C(=O)N1. The summed E-state index contributed by atoms with van der Waals surface area (Å²) < 4.78 is 0.792. The zero-order chi connectivity index (χ0) is 19.3. The van der Waals surface area contributed by atoms with Gasteiger partial charge in [0.2, 0.25) is 0 Å². The number of para-hydroxylation sites is 1. The van der Waals surface area contributed by atoms with Gasteiger partial charge in [0.05, 0.1) is 26.9 Å². The molecule has 1 aliphatic rings. The lowest BCUT2D eigenvalue weighted by molar-refractivity contribution is 0.0928. The zero-order valence-corrected chi connectivity index (χ0v) is 16.7. The standard InChI is InChI=1S/C22H17BrN4O/c1-12-8-18-19(22(28)26-12)20(23)21(27-18)14-6-7-24-17(10-14)15-9-13-4-2-3-5-16(13)25-11-15/h2-7,9-12,27H,8H2,1H3,(H,26,28). The number of aromatic amines is 1. The van der Waals surface area contributed by atoms with Crippen molar-refractivity contribution in [1.82, 2.24) is 20.3 Å². The summed E-state index contributed by atoms with van der Waals surface area (Å²) in [7, 11) is 0. The van der Waals surface area contributed by atoms with Crippen LogP contribution in [0.2, 0.25) is 0 Å². The Morgan fingerprint density at radius 2 is 1.96 bits per heavy atom. The zero-order valence-electron chi connectivity index (χ0n) is 15.2. The summed E-state index contributed by atoms with van der Waals surface area (Å²) in [4.78, 5) is 24.9. The van der Waals surface area contributed by atoms with Gasteiger partial charge in [-0.2, -0.15) is 0 Å². The van der Waals surface area contributed by atoms with E-state index in [4.69, 9.17) is 0 Å². The van der Waals surface area contributed by atoms with Crippen LogP contribution in [0.25, 0.3) is 33.4 Å². The molecule has 1 amide bonds. The number of hydrogen-bond donors (Lipinski definition) is 2. The van der Waals surface area contributed by atoms with E-state index in [-0.39, 0.29) is 11.9 Å². The molecule has 2 N–H and O–H groups in total. The van der Waals surface area contributed by atoms with Crippen molar-refractivity contribution in [2.24, 2.45) is 0 Å². The molecule has 0 radical (unpaired) electrons. The van der Waals surface area contributed by atoms with Crippen LogP contribution in [0.4, 0.5) is 0 Å². The Kier molecular flexibility index (Phi) is 4.02. The molecular weight excluding hydrogens is 416 g/mol. The number of pyridine rings is 2. The number of hydrogen-bond acceptors (Lipinski definition) is 3. The number of nitrogens with zero attached hydrogens (tertiary/aromatic N) is 2. The second kappa shape index (κ2) is 6.56. The third-order valence-corrected chi connectivity index (χ3v) is 5.86. The van der Waals surface area contributed by atoms with E-state index in [1.165, 1.54) is 0 Å². The molecular formula is C22H17BrN4O. The molecule has 5 nitrogen and oxygen atoms in total. The topological polar surface area (TPSA) is 70.7 Å². The van der Waals surface area contributed by atoms with Gasteiger partial charge in [0.25, 0.3) is 5.91 Å². The molecule has 0 spiro atoms. The highest BCUT2D eigenvalue weighted by molar-refractivity contribution is 9.10. The maximum absolute atomic E-state index is 12.4. The predicted molar refractivity (Wildman–Crippen MR) is 113 cm³/mol. The Morgan fingerprint density at radius 3 is 2.86 bits per heavy atom. The Labute approximate surface area is 170 Å². The molecule has 4 aromatic rings. The molecule has 0 saturated carbocycles. The van der Waals surface area contributed by atoms with Gasteiger partial charge in [-0.1, -0.05) is 18.2 Å². The number of amides is 1. The molecule has 0 bridgehead atoms. The molecule has 28 heavy (non-hydrogen) atoms. The number of fused-ring (bicyclic) bond motifs is 2. The highest BCUT2D eigenvalue weighted by Crippen LogP contribution is 2.36. The summed E-state index contributed by atoms with van der Waals surface area (Å²) in [5, 5.41) is 4.06. The molecule has 6 heteroatoms. The van der Waals surface area contributed by atoms with Crippen molar-refractivity contribution in [3.05, 3.63) is 70.6 Å². The molecule has 3 aromatic heterocycles. The third kappa shape index (κ3) is 2.81. The van der Waals surface area contributed by atoms with Gasteiger partial charge in [-0.05, 0) is 47.1 Å². The summed E-state index contributed by atoms with van der Waals surface area (Å²) in [5.74, 6) is -0.0452. The van der Waals surface area contributed by atoms with Crippen LogP contribution in [0.15, 0.2) is 59.3 Å². The minimum atomic E-state index is -0.0452. The second-order valence-electron chi connectivity index (χ2n) is 7.09. The van der Waals surface area contributed by atoms with E-state index in [1.54, 1.807) is 6.20 Å². The fourth-order valence-corrected chi connectivity index (χ4v) is 4.47. The maximum atomic E-state index is 12.4. The van der Waals surface area contributed by atoms with Crippen LogP contribution in [0, 0.1) is 0 Å². The number of aromatic nitrogens is 3. The van der Waals surface area contributed by atoms with Gasteiger partial charge < -0.3 is 10.3 Å². The summed E-state index contributed by atoms with van der Waals surface area (Å²) in [6.07, 6.45) is 4.42. The number of rotatable bonds is 2. The number of halogens is 1. The minimum absolute atomic E-state index is 0.0452. The highest BCUT2D eigenvalue weighted by atomic mass is 79.9. The number of benzene rings is 1. The van der Waals surface area contributed by atoms with Crippen molar-refractivity contribution in [2.45, 2.75) is 19.4 Å². The molecule has 1 aromatic carbocycles. The lowest BCUT2D eigenvalue weighted by Gasteiger charge is -2.19. The molecule has 4 heterocycles. The molecule has 5 rings (SSSR count). The average molecular weight is 433 g/mol. The molecule has 1 aliphatic heterocycles. The van der Waals surface area contributed by atoms with Gasteiger partial charge in [-0.3, -0.25) is 14.8 Å². The maximum Gasteiger partial charge on any atom is 0.254 e. The molecule has 1 unspecified atom stereocenters. The number of nitrogens with one attached hydrogen (secondary N) is 2. The lowest BCUT2D eigenvalue weighted by atomic mass is 10.0. The molecule has 1 atom stereocenters. The Balaban J connectivity index is 1.60. The van der Waals surface area contributed by atoms with Crippen LogP contribution in [0.1, 0.15) is 23.0 Å². The summed E-state index contributed by atoms with van der Waals surface area (Å²) in [6.45, 7) is 2.01. The van der Waals surface area contributed by atoms with Crippen LogP contribution in [0.5, 0.6) is 0 Å². The predicted octanol–water partition coefficient (Wildman–Crippen LogP) is 4.73. The van der Waals surface area contributed by atoms with E-state index < -0.39 is 0 Å². The van der Waals surface area contributed by atoms with Crippen molar-refractivity contribution in [2.75, 3.05) is 0 Å². The highest BCUT2D eigenvalue weighted by Gasteiger charge is 2.28. The van der Waals surface area contributed by atoms with Gasteiger partial charge in [-0.15, -0.1) is 0 Å². The second-order valence-corrected chi connectivity index (χ2v) is 7.89. The Bertz CT molecular complexity index is 1230. The number of carbonyl (C=O) groups is 1. The fraction of sp³-hybridized carbons (Fsp3) is 0.136. The van der Waals surface area contributed by atoms with Crippen molar-refractivity contribution in [3.8, 4) is 22.5 Å². The smallest absolute Gasteiger partial charge is 0.254 e. The van der Waals surface area contributed by atoms with Crippen LogP contribution in [0.3, 0.4) is 0 Å². The van der Waals surface area contributed by atoms with Crippen LogP contribution in [-0.2, 0) is 6.42 Å². The number of carbonyl (C=O) groups excluding carboxylic acids is 1. The van der Waals surface area contributed by atoms with E-state index in [9.17, 15) is 4.79 Å². The van der Waals surface area contributed by atoms with E-state index >= 15 is 0 Å². The summed E-state index contributed by atoms with van der Waals surface area (Å²) in [6, 6.07) is 14.2. The third-order valence-electron chi connectivity index (χ3n) is 5.07. The van der Waals surface area contributed by atoms with Crippen molar-refractivity contribution in [3.63, 3.8) is 0 Å². The van der Waals surface area contributed by atoms with Gasteiger partial charge in [0.1, 0.15) is 0 Å². The lowest BCUT2D eigenvalue weighted by Crippen LogP contribution is -2.39. The minimum Gasteiger partial charge on any atom is -0.357 e. The van der Waals surface area contributed by atoms with Gasteiger partial charge in [-0.25, -0.2) is 0 Å². The van der Waals surface area contributed by atoms with E-state index in [2.05, 4.69) is 42.3 Å². The quantitative estimate of drug-likeness (QED) is 0.480. The monoisotopic (exact) mass is 432 g/mol.